The summed E-state index contributed by atoms with van der Waals surface area (Å²) < 4.78 is 10.6. The van der Waals surface area contributed by atoms with Gasteiger partial charge in [0.25, 0.3) is 11.7 Å². The predicted molar refractivity (Wildman–Crippen MR) is 72.4 cm³/mol. The summed E-state index contributed by atoms with van der Waals surface area (Å²) in [6, 6.07) is 3.82. The number of aryl methyl sites for hydroxylation is 1. The molecule has 4 rings (SSSR count). The summed E-state index contributed by atoms with van der Waals surface area (Å²) in [7, 11) is 0. The number of carbonyl (C=O) groups excluding carboxylic acids is 1. The van der Waals surface area contributed by atoms with Crippen molar-refractivity contribution in [3.63, 3.8) is 0 Å². The number of carbonyl (C=O) groups is 1. The van der Waals surface area contributed by atoms with Crippen LogP contribution in [0.5, 0.6) is 0 Å². The van der Waals surface area contributed by atoms with E-state index < -0.39 is 0 Å². The van der Waals surface area contributed by atoms with E-state index in [2.05, 4.69) is 10.1 Å². The largest absolute Gasteiger partial charge is 0.467 e. The van der Waals surface area contributed by atoms with Crippen molar-refractivity contribution in [2.75, 3.05) is 6.54 Å². The second-order valence-corrected chi connectivity index (χ2v) is 5.93. The zero-order chi connectivity index (χ0) is 14.4. The summed E-state index contributed by atoms with van der Waals surface area (Å²) in [5.74, 6) is 1.33. The zero-order valence-electron chi connectivity index (χ0n) is 11.9. The average Bonchev–Trinajstić information content (AvgIpc) is 3.06. The van der Waals surface area contributed by atoms with Crippen LogP contribution < -0.4 is 0 Å². The molecule has 0 aromatic carbocycles. The number of furan rings is 1. The fourth-order valence-corrected chi connectivity index (χ4v) is 3.50. The molecule has 2 fully saturated rings. The number of hydrogen-bond acceptors (Lipinski definition) is 5. The quantitative estimate of drug-likeness (QED) is 0.867. The van der Waals surface area contributed by atoms with Gasteiger partial charge in [0.1, 0.15) is 5.76 Å². The molecular weight excluding hydrogens is 270 g/mol. The molecule has 6 heteroatoms. The summed E-state index contributed by atoms with van der Waals surface area (Å²) in [5.41, 5.74) is 0.199. The van der Waals surface area contributed by atoms with Gasteiger partial charge < -0.3 is 13.8 Å². The van der Waals surface area contributed by atoms with E-state index in [0.29, 0.717) is 12.3 Å². The Bertz CT molecular complexity index is 658. The molecule has 2 aliphatic rings. The molecule has 2 aromatic rings. The van der Waals surface area contributed by atoms with E-state index in [1.165, 1.54) is 6.42 Å². The summed E-state index contributed by atoms with van der Waals surface area (Å²) in [5, 5.41) is 3.79. The third-order valence-electron chi connectivity index (χ3n) is 4.76. The smallest absolute Gasteiger partial charge is 0.295 e. The lowest BCUT2D eigenvalue weighted by atomic mass is 9.57. The van der Waals surface area contributed by atoms with Crippen LogP contribution in [-0.2, 0) is 6.42 Å². The van der Waals surface area contributed by atoms with Crippen LogP contribution in [0.3, 0.4) is 0 Å². The van der Waals surface area contributed by atoms with Gasteiger partial charge in [0.15, 0.2) is 0 Å². The lowest BCUT2D eigenvalue weighted by molar-refractivity contribution is -0.113. The van der Waals surface area contributed by atoms with Gasteiger partial charge in [0, 0.05) is 18.4 Å². The highest BCUT2D eigenvalue weighted by Crippen LogP contribution is 2.60. The van der Waals surface area contributed by atoms with Crippen LogP contribution in [0.2, 0.25) is 0 Å². The number of rotatable bonds is 3. The molecule has 0 N–H and O–H groups in total. The average molecular weight is 287 g/mol. The van der Waals surface area contributed by atoms with Crippen LogP contribution in [0.25, 0.3) is 0 Å². The molecule has 1 unspecified atom stereocenters. The molecule has 1 aliphatic carbocycles. The molecule has 0 radical (unpaired) electrons. The van der Waals surface area contributed by atoms with Crippen molar-refractivity contribution < 1.29 is 13.7 Å². The first-order valence-corrected chi connectivity index (χ1v) is 7.40. The first-order chi connectivity index (χ1) is 10.2. The summed E-state index contributed by atoms with van der Waals surface area (Å²) >= 11 is 0. The molecular formula is C15H17N3O3. The van der Waals surface area contributed by atoms with Gasteiger partial charge in [-0.1, -0.05) is 18.5 Å². The Morgan fingerprint density at radius 2 is 2.38 bits per heavy atom. The van der Waals surface area contributed by atoms with Crippen molar-refractivity contribution in [2.45, 2.75) is 38.6 Å². The van der Waals surface area contributed by atoms with Crippen LogP contribution in [0.1, 0.15) is 54.5 Å². The normalized spacial score (nSPS) is 22.9. The first kappa shape index (κ1) is 12.6. The molecule has 2 aromatic heterocycles. The maximum absolute atomic E-state index is 12.6. The molecule has 1 amide bonds. The van der Waals surface area contributed by atoms with Gasteiger partial charge in [-0.05, 0) is 25.0 Å². The second-order valence-electron chi connectivity index (χ2n) is 5.93. The highest BCUT2D eigenvalue weighted by atomic mass is 16.5. The lowest BCUT2D eigenvalue weighted by Gasteiger charge is -2.61. The topological polar surface area (TPSA) is 72.4 Å². The van der Waals surface area contributed by atoms with E-state index >= 15 is 0 Å². The molecule has 1 atom stereocenters. The molecule has 1 spiro atoms. The van der Waals surface area contributed by atoms with Gasteiger partial charge in [0.05, 0.1) is 12.3 Å². The van der Waals surface area contributed by atoms with E-state index in [9.17, 15) is 4.79 Å². The van der Waals surface area contributed by atoms with Crippen LogP contribution in [-0.4, -0.2) is 27.5 Å². The monoisotopic (exact) mass is 287 g/mol. The van der Waals surface area contributed by atoms with E-state index in [1.807, 2.05) is 24.0 Å². The third-order valence-corrected chi connectivity index (χ3v) is 4.76. The van der Waals surface area contributed by atoms with Crippen molar-refractivity contribution >= 4 is 5.91 Å². The maximum atomic E-state index is 12.6. The van der Waals surface area contributed by atoms with Gasteiger partial charge in [-0.15, -0.1) is 0 Å². The number of hydrogen-bond donors (Lipinski definition) is 0. The maximum Gasteiger partial charge on any atom is 0.295 e. The van der Waals surface area contributed by atoms with Crippen molar-refractivity contribution in [1.82, 2.24) is 15.0 Å². The number of likely N-dealkylation sites (tertiary alicyclic amines) is 1. The number of aromatic nitrogens is 2. The van der Waals surface area contributed by atoms with Crippen molar-refractivity contribution in [3.05, 3.63) is 35.9 Å². The Hall–Kier alpha value is -2.11. The highest BCUT2D eigenvalue weighted by Gasteiger charge is 2.59. The van der Waals surface area contributed by atoms with Crippen molar-refractivity contribution in [2.24, 2.45) is 5.41 Å². The predicted octanol–water partition coefficient (Wildman–Crippen LogP) is 2.59. The second kappa shape index (κ2) is 4.44. The van der Waals surface area contributed by atoms with Crippen LogP contribution in [0.4, 0.5) is 0 Å². The summed E-state index contributed by atoms with van der Waals surface area (Å²) in [6.07, 6.45) is 5.81. The fraction of sp³-hybridized carbons (Fsp3) is 0.533. The fourth-order valence-electron chi connectivity index (χ4n) is 3.50. The van der Waals surface area contributed by atoms with Crippen LogP contribution >= 0.6 is 0 Å². The molecule has 1 aliphatic heterocycles. The Kier molecular flexibility index (Phi) is 2.67. The van der Waals surface area contributed by atoms with Crippen LogP contribution in [0, 0.1) is 5.41 Å². The molecule has 6 nitrogen and oxygen atoms in total. The van der Waals surface area contributed by atoms with E-state index in [-0.39, 0.29) is 23.2 Å². The minimum Gasteiger partial charge on any atom is -0.467 e. The molecule has 110 valence electrons. The SMILES string of the molecule is CCc1nc(C(=O)N2CC3(CCC3)C2c2ccco2)no1. The molecule has 21 heavy (non-hydrogen) atoms. The van der Waals surface area contributed by atoms with Gasteiger partial charge in [-0.25, -0.2) is 0 Å². The molecule has 1 saturated heterocycles. The molecule has 0 bridgehead atoms. The Balaban J connectivity index is 1.61. The van der Waals surface area contributed by atoms with Crippen molar-refractivity contribution in [1.29, 1.82) is 0 Å². The minimum atomic E-state index is -0.169. The first-order valence-electron chi connectivity index (χ1n) is 7.40. The van der Waals surface area contributed by atoms with E-state index in [4.69, 9.17) is 8.94 Å². The number of amides is 1. The summed E-state index contributed by atoms with van der Waals surface area (Å²) in [6.45, 7) is 2.67. The standard InChI is InChI=1S/C15H17N3O3/c1-2-11-16-13(17-21-11)14(19)18-9-15(6-4-7-15)12(18)10-5-3-8-20-10/h3,5,8,12H,2,4,6-7,9H2,1H3. The van der Waals surface area contributed by atoms with Gasteiger partial charge in [-0.3, -0.25) is 4.79 Å². The van der Waals surface area contributed by atoms with E-state index in [1.54, 1.807) is 6.26 Å². The van der Waals surface area contributed by atoms with Gasteiger partial charge in [-0.2, -0.15) is 4.98 Å². The zero-order valence-corrected chi connectivity index (χ0v) is 11.9. The third kappa shape index (κ3) is 1.74. The minimum absolute atomic E-state index is 0.0114. The highest BCUT2D eigenvalue weighted by molar-refractivity contribution is 5.91. The van der Waals surface area contributed by atoms with Gasteiger partial charge in [0.2, 0.25) is 5.89 Å². The molecule has 1 saturated carbocycles. The Morgan fingerprint density at radius 1 is 1.52 bits per heavy atom. The van der Waals surface area contributed by atoms with E-state index in [0.717, 1.165) is 25.1 Å². The van der Waals surface area contributed by atoms with Crippen LogP contribution in [0.15, 0.2) is 27.3 Å². The van der Waals surface area contributed by atoms with Crippen molar-refractivity contribution in [3.8, 4) is 0 Å². The molecule has 3 heterocycles. The Labute approximate surface area is 122 Å². The Morgan fingerprint density at radius 3 is 2.95 bits per heavy atom. The summed E-state index contributed by atoms with van der Waals surface area (Å²) in [4.78, 5) is 18.5. The van der Waals surface area contributed by atoms with Gasteiger partial charge >= 0.3 is 0 Å². The lowest BCUT2D eigenvalue weighted by Crippen LogP contribution is -2.63. The number of nitrogens with zero attached hydrogens (tertiary/aromatic N) is 3.